The molecular weight excluding hydrogens is 525 g/mol. The number of benzene rings is 2. The van der Waals surface area contributed by atoms with Crippen LogP contribution in [0.1, 0.15) is 26.3 Å². The minimum atomic E-state index is -4.86. The van der Waals surface area contributed by atoms with Crippen LogP contribution in [0.5, 0.6) is 5.75 Å². The molecule has 0 radical (unpaired) electrons. The summed E-state index contributed by atoms with van der Waals surface area (Å²) in [7, 11) is -8.52. The lowest BCUT2D eigenvalue weighted by Crippen LogP contribution is -2.54. The van der Waals surface area contributed by atoms with Crippen molar-refractivity contribution in [2.24, 2.45) is 21.5 Å². The first-order chi connectivity index (χ1) is 16.0. The van der Waals surface area contributed by atoms with Gasteiger partial charge in [-0.25, -0.2) is 4.99 Å². The summed E-state index contributed by atoms with van der Waals surface area (Å²) in [5, 5.41) is 0.245. The van der Waals surface area contributed by atoms with Gasteiger partial charge in [0.1, 0.15) is 22.9 Å². The monoisotopic (exact) mass is 549 g/mol. The van der Waals surface area contributed by atoms with Crippen LogP contribution in [0.2, 0.25) is 5.02 Å². The number of guanidine groups is 2. The van der Waals surface area contributed by atoms with Crippen LogP contribution < -0.4 is 21.1 Å². The Balaban J connectivity index is 0.000000641. The molecule has 2 aromatic rings. The molecule has 1 heterocycles. The minimum absolute atomic E-state index is 0.0799. The molecule has 0 saturated heterocycles. The Kier molecular flexibility index (Phi) is 8.70. The highest BCUT2D eigenvalue weighted by Gasteiger charge is 2.33. The SMILES string of the molecule is CC1(C)N=C(N)N=C(N)N1c1ccc(OCc2ccccc2S(=O)(=O)F)c(Cl)c1.CCS(=O)(=O)O. The smallest absolute Gasteiger partial charge is 0.332 e. The van der Waals surface area contributed by atoms with Gasteiger partial charge in [-0.15, -0.1) is 3.89 Å². The number of hydrogen-bond donors (Lipinski definition) is 3. The van der Waals surface area contributed by atoms with Crippen molar-refractivity contribution in [3.63, 3.8) is 0 Å². The zero-order valence-electron chi connectivity index (χ0n) is 19.0. The van der Waals surface area contributed by atoms with Gasteiger partial charge < -0.3 is 16.2 Å². The molecule has 3 rings (SSSR count). The Morgan fingerprint density at radius 3 is 2.26 bits per heavy atom. The van der Waals surface area contributed by atoms with Gasteiger partial charge in [0.15, 0.2) is 0 Å². The van der Waals surface area contributed by atoms with Gasteiger partial charge in [0.05, 0.1) is 10.8 Å². The third kappa shape index (κ3) is 7.78. The molecule has 0 fully saturated rings. The Morgan fingerprint density at radius 1 is 1.14 bits per heavy atom. The molecule has 2 aromatic carbocycles. The largest absolute Gasteiger partial charge is 0.487 e. The maximum Gasteiger partial charge on any atom is 0.332 e. The first kappa shape index (κ1) is 28.3. The molecule has 0 amide bonds. The first-order valence-corrected chi connectivity index (χ1v) is 13.3. The average molecular weight is 550 g/mol. The van der Waals surface area contributed by atoms with Crippen LogP contribution in [-0.2, 0) is 26.9 Å². The van der Waals surface area contributed by atoms with E-state index in [2.05, 4.69) is 9.98 Å². The van der Waals surface area contributed by atoms with Gasteiger partial charge in [0, 0.05) is 11.3 Å². The van der Waals surface area contributed by atoms with Crippen LogP contribution in [0.4, 0.5) is 9.57 Å². The van der Waals surface area contributed by atoms with Gasteiger partial charge in [0.25, 0.3) is 10.1 Å². The summed E-state index contributed by atoms with van der Waals surface area (Å²) in [6.45, 7) is 4.81. The van der Waals surface area contributed by atoms with Crippen molar-refractivity contribution in [2.45, 2.75) is 37.9 Å². The fraction of sp³-hybridized carbons (Fsp3) is 0.300. The molecule has 1 aliphatic heterocycles. The molecule has 0 spiro atoms. The highest BCUT2D eigenvalue weighted by atomic mass is 35.5. The summed E-state index contributed by atoms with van der Waals surface area (Å²) in [4.78, 5) is 9.46. The normalized spacial score (nSPS) is 15.4. The average Bonchev–Trinajstić information content (AvgIpc) is 2.71. The van der Waals surface area contributed by atoms with E-state index in [0.29, 0.717) is 5.69 Å². The number of halogens is 2. The lowest BCUT2D eigenvalue weighted by molar-refractivity contribution is 0.303. The van der Waals surface area contributed by atoms with Gasteiger partial charge in [0.2, 0.25) is 11.9 Å². The second kappa shape index (κ2) is 10.8. The van der Waals surface area contributed by atoms with E-state index < -0.39 is 30.9 Å². The summed E-state index contributed by atoms with van der Waals surface area (Å²) in [6, 6.07) is 10.5. The summed E-state index contributed by atoms with van der Waals surface area (Å²) < 4.78 is 68.5. The maximum absolute atomic E-state index is 13.4. The highest BCUT2D eigenvalue weighted by Crippen LogP contribution is 2.34. The second-order valence-corrected chi connectivity index (χ2v) is 11.1. The van der Waals surface area contributed by atoms with E-state index >= 15 is 0 Å². The predicted molar refractivity (Wildman–Crippen MR) is 132 cm³/mol. The molecule has 0 bridgehead atoms. The number of hydrogen-bond acceptors (Lipinski definition) is 10. The van der Waals surface area contributed by atoms with Crippen LogP contribution in [-0.4, -0.2) is 44.7 Å². The van der Waals surface area contributed by atoms with Crippen molar-refractivity contribution >= 4 is 49.5 Å². The van der Waals surface area contributed by atoms with Crippen LogP contribution in [0.3, 0.4) is 0 Å². The van der Waals surface area contributed by atoms with E-state index in [9.17, 15) is 20.7 Å². The second-order valence-electron chi connectivity index (χ2n) is 7.59. The predicted octanol–water partition coefficient (Wildman–Crippen LogP) is 2.66. The van der Waals surface area contributed by atoms with E-state index in [-0.39, 0.29) is 40.6 Å². The van der Waals surface area contributed by atoms with Crippen molar-refractivity contribution in [3.8, 4) is 5.75 Å². The maximum atomic E-state index is 13.4. The van der Waals surface area contributed by atoms with Crippen molar-refractivity contribution in [3.05, 3.63) is 53.1 Å². The molecule has 0 unspecified atom stereocenters. The standard InChI is InChI=1S/C18H19ClFN5O3S.C2H6O3S/c1-18(2)24-16(21)23-17(22)25(18)12-7-8-14(13(19)9-12)28-10-11-5-3-4-6-15(11)29(20,26)27;1-2-6(3,4)5/h3-9H,10H2,1-2H3,(H4,21,22,23,24);2H2,1H3,(H,3,4,5). The molecule has 15 heteroatoms. The van der Waals surface area contributed by atoms with Crippen molar-refractivity contribution < 1.29 is 30.0 Å². The first-order valence-electron chi connectivity index (χ1n) is 9.95. The molecule has 5 N–H and O–H groups in total. The summed E-state index contributed by atoms with van der Waals surface area (Å²) in [6.07, 6.45) is 0. The summed E-state index contributed by atoms with van der Waals surface area (Å²) in [5.74, 6) is 0.327. The third-order valence-electron chi connectivity index (χ3n) is 4.55. The van der Waals surface area contributed by atoms with Gasteiger partial charge in [-0.2, -0.15) is 21.8 Å². The van der Waals surface area contributed by atoms with E-state index in [0.717, 1.165) is 0 Å². The van der Waals surface area contributed by atoms with Gasteiger partial charge >= 0.3 is 10.2 Å². The van der Waals surface area contributed by atoms with Gasteiger partial charge in [-0.05, 0) is 45.0 Å². The Labute approximate surface area is 208 Å². The molecule has 11 nitrogen and oxygen atoms in total. The van der Waals surface area contributed by atoms with Crippen LogP contribution >= 0.6 is 11.6 Å². The van der Waals surface area contributed by atoms with Crippen LogP contribution in [0.25, 0.3) is 0 Å². The van der Waals surface area contributed by atoms with Gasteiger partial charge in [-0.3, -0.25) is 9.45 Å². The summed E-state index contributed by atoms with van der Waals surface area (Å²) >= 11 is 6.33. The lowest BCUT2D eigenvalue weighted by Gasteiger charge is -2.38. The van der Waals surface area contributed by atoms with Crippen LogP contribution in [0, 0.1) is 0 Å². The van der Waals surface area contributed by atoms with E-state index in [4.69, 9.17) is 32.4 Å². The molecule has 35 heavy (non-hydrogen) atoms. The minimum Gasteiger partial charge on any atom is -0.487 e. The van der Waals surface area contributed by atoms with Crippen LogP contribution in [0.15, 0.2) is 57.3 Å². The molecule has 0 aliphatic carbocycles. The lowest BCUT2D eigenvalue weighted by atomic mass is 10.1. The van der Waals surface area contributed by atoms with Crippen molar-refractivity contribution in [1.82, 2.24) is 0 Å². The zero-order valence-corrected chi connectivity index (χ0v) is 21.4. The Morgan fingerprint density at radius 2 is 1.74 bits per heavy atom. The fourth-order valence-electron chi connectivity index (χ4n) is 3.01. The van der Waals surface area contributed by atoms with E-state index in [1.165, 1.54) is 25.1 Å². The fourth-order valence-corrected chi connectivity index (χ4v) is 3.92. The number of nitrogens with zero attached hydrogens (tertiary/aromatic N) is 3. The third-order valence-corrected chi connectivity index (χ3v) is 6.50. The summed E-state index contributed by atoms with van der Waals surface area (Å²) in [5.41, 5.74) is 11.7. The molecule has 0 atom stereocenters. The number of ether oxygens (including phenoxy) is 1. The van der Waals surface area contributed by atoms with E-state index in [1.54, 1.807) is 29.2 Å². The Bertz CT molecular complexity index is 1360. The highest BCUT2D eigenvalue weighted by molar-refractivity contribution is 7.86. The number of rotatable bonds is 6. The van der Waals surface area contributed by atoms with Gasteiger partial charge in [-0.1, -0.05) is 29.8 Å². The molecule has 0 saturated carbocycles. The molecule has 1 aliphatic rings. The molecule has 192 valence electrons. The molecule has 0 aromatic heterocycles. The quantitative estimate of drug-likeness (QED) is 0.361. The van der Waals surface area contributed by atoms with Crippen molar-refractivity contribution in [1.29, 1.82) is 0 Å². The van der Waals surface area contributed by atoms with E-state index in [1.807, 2.05) is 13.8 Å². The van der Waals surface area contributed by atoms with Crippen molar-refractivity contribution in [2.75, 3.05) is 10.7 Å². The molecular formula is C20H25ClFN5O6S2. The number of nitrogens with two attached hydrogens (primary N) is 2. The Hall–Kier alpha value is -2.94. The number of aliphatic imine (C=N–C) groups is 2. The number of anilines is 1. The zero-order chi connectivity index (χ0) is 26.6. The topological polar surface area (TPSA) is 178 Å².